The molecule has 0 saturated heterocycles. The van der Waals surface area contributed by atoms with Gasteiger partial charge in [-0.15, -0.1) is 10.2 Å². The molecule has 1 aliphatic rings. The molecule has 102 valence electrons. The van der Waals surface area contributed by atoms with Crippen LogP contribution in [0.1, 0.15) is 5.56 Å². The van der Waals surface area contributed by atoms with Gasteiger partial charge in [0.15, 0.2) is 5.88 Å². The Morgan fingerprint density at radius 3 is 2.95 bits per heavy atom. The van der Waals surface area contributed by atoms with Crippen LogP contribution in [0.5, 0.6) is 5.88 Å². The molecule has 0 saturated carbocycles. The third-order valence-electron chi connectivity index (χ3n) is 3.40. The molecule has 0 spiro atoms. The summed E-state index contributed by atoms with van der Waals surface area (Å²) in [6.45, 7) is 0. The van der Waals surface area contributed by atoms with Crippen LogP contribution in [-0.4, -0.2) is 10.1 Å². The molecular weight excluding hydrogens is 288 g/mol. The van der Waals surface area contributed by atoms with Crippen molar-refractivity contribution < 1.29 is 5.11 Å². The molecule has 3 aromatic rings. The Labute approximate surface area is 123 Å². The standard InChI is InChI=1S/C15H9ClN4O/c16-9-2-3-10-11(15(21)17-13(10)7-9)5-8-1-4-12-14(6-8)19-20-18-12/h1-7,17,21H/b8-5+. The lowest BCUT2D eigenvalue weighted by Crippen LogP contribution is -2.06. The van der Waals surface area contributed by atoms with E-state index in [4.69, 9.17) is 11.6 Å². The normalized spacial score (nSPS) is 13.7. The number of benzene rings is 2. The number of aromatic hydroxyl groups is 1. The van der Waals surface area contributed by atoms with Crippen molar-refractivity contribution in [3.8, 4) is 5.88 Å². The van der Waals surface area contributed by atoms with Gasteiger partial charge in [0, 0.05) is 16.0 Å². The maximum Gasteiger partial charge on any atom is 0.196 e. The van der Waals surface area contributed by atoms with Gasteiger partial charge in [-0.3, -0.25) is 0 Å². The first-order valence-electron chi connectivity index (χ1n) is 6.31. The third-order valence-corrected chi connectivity index (χ3v) is 3.63. The highest BCUT2D eigenvalue weighted by molar-refractivity contribution is 6.31. The van der Waals surface area contributed by atoms with Crippen LogP contribution >= 0.6 is 11.6 Å². The van der Waals surface area contributed by atoms with Gasteiger partial charge in [0.2, 0.25) is 0 Å². The van der Waals surface area contributed by atoms with Gasteiger partial charge in [0.25, 0.3) is 0 Å². The van der Waals surface area contributed by atoms with Gasteiger partial charge < -0.3 is 10.1 Å². The van der Waals surface area contributed by atoms with Crippen molar-refractivity contribution in [3.05, 3.63) is 57.6 Å². The second kappa shape index (κ2) is 4.43. The Morgan fingerprint density at radius 2 is 2.05 bits per heavy atom. The molecule has 1 aliphatic heterocycles. The molecule has 2 N–H and O–H groups in total. The second-order valence-corrected chi connectivity index (χ2v) is 5.20. The fourth-order valence-electron chi connectivity index (χ4n) is 2.40. The fourth-order valence-corrected chi connectivity index (χ4v) is 2.58. The molecule has 0 unspecified atom stereocenters. The summed E-state index contributed by atoms with van der Waals surface area (Å²) in [6, 6.07) is 11.1. The van der Waals surface area contributed by atoms with Crippen molar-refractivity contribution in [1.82, 2.24) is 4.98 Å². The number of rotatable bonds is 1. The van der Waals surface area contributed by atoms with E-state index in [0.717, 1.165) is 27.2 Å². The maximum absolute atomic E-state index is 10.1. The monoisotopic (exact) mass is 296 g/mol. The van der Waals surface area contributed by atoms with E-state index in [1.165, 1.54) is 0 Å². The van der Waals surface area contributed by atoms with Crippen LogP contribution in [0.3, 0.4) is 0 Å². The smallest absolute Gasteiger partial charge is 0.196 e. The average molecular weight is 297 g/mol. The zero-order valence-electron chi connectivity index (χ0n) is 10.7. The highest BCUT2D eigenvalue weighted by Crippen LogP contribution is 2.29. The summed E-state index contributed by atoms with van der Waals surface area (Å²) in [5.74, 6) is 0.110. The summed E-state index contributed by atoms with van der Waals surface area (Å²) >= 11 is 5.96. The number of nitrogens with zero attached hydrogens (tertiary/aromatic N) is 3. The molecule has 0 atom stereocenters. The third kappa shape index (κ3) is 1.98. The molecule has 0 amide bonds. The Hall–Kier alpha value is -2.66. The first-order chi connectivity index (χ1) is 10.2. The Balaban J connectivity index is 1.95. The molecule has 6 heteroatoms. The first-order valence-corrected chi connectivity index (χ1v) is 6.69. The van der Waals surface area contributed by atoms with Gasteiger partial charge in [-0.05, 0) is 40.8 Å². The van der Waals surface area contributed by atoms with Crippen molar-refractivity contribution in [2.24, 2.45) is 15.4 Å². The van der Waals surface area contributed by atoms with Gasteiger partial charge >= 0.3 is 0 Å². The minimum atomic E-state index is 0.110. The van der Waals surface area contributed by atoms with E-state index in [1.807, 2.05) is 30.3 Å². The number of nitrogens with one attached hydrogen (secondary N) is 1. The van der Waals surface area contributed by atoms with Gasteiger partial charge in [0.05, 0.1) is 5.52 Å². The molecular formula is C15H9ClN4O. The molecule has 0 fully saturated rings. The Morgan fingerprint density at radius 1 is 1.14 bits per heavy atom. The molecule has 4 rings (SSSR count). The van der Waals surface area contributed by atoms with E-state index >= 15 is 0 Å². The van der Waals surface area contributed by atoms with Crippen molar-refractivity contribution in [1.29, 1.82) is 0 Å². The summed E-state index contributed by atoms with van der Waals surface area (Å²) in [5.41, 5.74) is 2.24. The number of halogens is 1. The van der Waals surface area contributed by atoms with Crippen molar-refractivity contribution in [3.63, 3.8) is 0 Å². The van der Waals surface area contributed by atoms with Crippen LogP contribution in [0.15, 0.2) is 51.8 Å². The van der Waals surface area contributed by atoms with Crippen LogP contribution in [0, 0.1) is 0 Å². The predicted octanol–water partition coefficient (Wildman–Crippen LogP) is 2.99. The molecule has 21 heavy (non-hydrogen) atoms. The number of fused-ring (bicyclic) bond motifs is 2. The molecule has 0 aliphatic carbocycles. The van der Waals surface area contributed by atoms with Crippen LogP contribution in [-0.2, 0) is 0 Å². The summed E-state index contributed by atoms with van der Waals surface area (Å²) in [6.07, 6.45) is 1.89. The number of aromatic amines is 1. The summed E-state index contributed by atoms with van der Waals surface area (Å²) in [5, 5.41) is 24.7. The largest absolute Gasteiger partial charge is 0.494 e. The zero-order valence-corrected chi connectivity index (χ0v) is 11.5. The molecule has 0 bridgehead atoms. The molecule has 1 aromatic heterocycles. The maximum atomic E-state index is 10.1. The summed E-state index contributed by atoms with van der Waals surface area (Å²) in [7, 11) is 0. The summed E-state index contributed by atoms with van der Waals surface area (Å²) in [4.78, 5) is 2.92. The molecule has 2 heterocycles. The van der Waals surface area contributed by atoms with Crippen LogP contribution in [0.25, 0.3) is 17.0 Å². The number of hydrogen-bond donors (Lipinski definition) is 2. The highest BCUT2D eigenvalue weighted by Gasteiger charge is 2.09. The van der Waals surface area contributed by atoms with Crippen LogP contribution in [0.4, 0.5) is 5.69 Å². The van der Waals surface area contributed by atoms with Crippen molar-refractivity contribution in [2.45, 2.75) is 0 Å². The van der Waals surface area contributed by atoms with E-state index in [1.54, 1.807) is 12.1 Å². The Kier molecular flexibility index (Phi) is 2.55. The molecule has 2 aromatic carbocycles. The van der Waals surface area contributed by atoms with Crippen molar-refractivity contribution in [2.75, 3.05) is 0 Å². The lowest BCUT2D eigenvalue weighted by Gasteiger charge is -1.94. The molecule has 0 radical (unpaired) electrons. The van der Waals surface area contributed by atoms with Gasteiger partial charge in [-0.2, -0.15) is 0 Å². The Bertz CT molecular complexity index is 1020. The first kappa shape index (κ1) is 12.1. The quantitative estimate of drug-likeness (QED) is 0.712. The van der Waals surface area contributed by atoms with Crippen molar-refractivity contribution >= 4 is 34.3 Å². The van der Waals surface area contributed by atoms with E-state index in [9.17, 15) is 5.11 Å². The van der Waals surface area contributed by atoms with E-state index < -0.39 is 0 Å². The predicted molar refractivity (Wildman–Crippen MR) is 80.3 cm³/mol. The average Bonchev–Trinajstić information content (AvgIpc) is 3.03. The topological polar surface area (TPSA) is 73.1 Å². The highest BCUT2D eigenvalue weighted by atomic mass is 35.5. The van der Waals surface area contributed by atoms with Gasteiger partial charge in [-0.1, -0.05) is 23.7 Å². The van der Waals surface area contributed by atoms with E-state index in [0.29, 0.717) is 10.6 Å². The minimum Gasteiger partial charge on any atom is -0.494 e. The lowest BCUT2D eigenvalue weighted by atomic mass is 10.1. The van der Waals surface area contributed by atoms with Crippen LogP contribution < -0.4 is 10.6 Å². The fraction of sp³-hybridized carbons (Fsp3) is 0. The van der Waals surface area contributed by atoms with E-state index in [2.05, 4.69) is 20.4 Å². The van der Waals surface area contributed by atoms with Gasteiger partial charge in [0.1, 0.15) is 11.0 Å². The SMILES string of the molecule is Oc1[nH]c2cc(Cl)ccc2c1/C=c1\ccc2c(c1)N=NN=2. The van der Waals surface area contributed by atoms with Crippen LogP contribution in [0.2, 0.25) is 5.02 Å². The second-order valence-electron chi connectivity index (χ2n) is 4.76. The number of aromatic nitrogens is 1. The minimum absolute atomic E-state index is 0.110. The molecule has 5 nitrogen and oxygen atoms in total. The van der Waals surface area contributed by atoms with E-state index in [-0.39, 0.29) is 5.88 Å². The lowest BCUT2D eigenvalue weighted by molar-refractivity contribution is 0.457. The van der Waals surface area contributed by atoms with Gasteiger partial charge in [-0.25, -0.2) is 0 Å². The number of H-pyrrole nitrogens is 1. The zero-order chi connectivity index (χ0) is 14.4. The number of hydrogen-bond acceptors (Lipinski definition) is 4. The summed E-state index contributed by atoms with van der Waals surface area (Å²) < 4.78 is 0.